The lowest BCUT2D eigenvalue weighted by Gasteiger charge is -2.39. The molecule has 40 heavy (non-hydrogen) atoms. The minimum Gasteiger partial charge on any atom is -0.369 e. The summed E-state index contributed by atoms with van der Waals surface area (Å²) in [5, 5.41) is 13.4. The van der Waals surface area contributed by atoms with E-state index in [4.69, 9.17) is 0 Å². The van der Waals surface area contributed by atoms with E-state index in [1.807, 2.05) is 0 Å². The van der Waals surface area contributed by atoms with E-state index in [0.717, 1.165) is 37.7 Å². The second-order valence-electron chi connectivity index (χ2n) is 10.3. The lowest BCUT2D eigenvalue weighted by Crippen LogP contribution is -2.47. The van der Waals surface area contributed by atoms with E-state index in [-0.39, 0.29) is 34.2 Å². The van der Waals surface area contributed by atoms with Gasteiger partial charge >= 0.3 is 6.18 Å². The molecule has 1 saturated heterocycles. The van der Waals surface area contributed by atoms with E-state index in [1.54, 1.807) is 0 Å². The van der Waals surface area contributed by atoms with Gasteiger partial charge in [0.2, 0.25) is 0 Å². The maximum Gasteiger partial charge on any atom is 0.419 e. The lowest BCUT2D eigenvalue weighted by atomic mass is 9.99. The topological polar surface area (TPSA) is 101 Å². The van der Waals surface area contributed by atoms with Crippen molar-refractivity contribution in [2.24, 2.45) is 0 Å². The molecule has 13 heteroatoms. The average molecular weight is 582 g/mol. The fraction of sp³-hybridized carbons (Fsp3) is 0.444. The zero-order valence-electron chi connectivity index (χ0n) is 22.1. The number of anilines is 2. The van der Waals surface area contributed by atoms with Gasteiger partial charge in [-0.1, -0.05) is 12.2 Å². The number of fused-ring (bicyclic) bond motifs is 1. The molecule has 4 heterocycles. The van der Waals surface area contributed by atoms with Crippen molar-refractivity contribution in [1.29, 1.82) is 0 Å². The Labute approximate surface area is 231 Å². The molecule has 0 bridgehead atoms. The number of rotatable bonds is 5. The molecule has 2 atom stereocenters. The van der Waals surface area contributed by atoms with Gasteiger partial charge in [-0.2, -0.15) is 13.2 Å². The zero-order chi connectivity index (χ0) is 28.8. The molecule has 1 aromatic carbocycles. The van der Waals surface area contributed by atoms with Gasteiger partial charge in [0.15, 0.2) is 6.23 Å². The maximum atomic E-state index is 14.5. The van der Waals surface area contributed by atoms with Crippen LogP contribution in [0.25, 0.3) is 11.6 Å². The number of aryl methyl sites for hydroxylation is 1. The highest BCUT2D eigenvalue weighted by Crippen LogP contribution is 2.44. The van der Waals surface area contributed by atoms with E-state index in [2.05, 4.69) is 32.1 Å². The van der Waals surface area contributed by atoms with Gasteiger partial charge in [-0.15, -0.1) is 0 Å². The second kappa shape index (κ2) is 11.0. The monoisotopic (exact) mass is 581 g/mol. The van der Waals surface area contributed by atoms with Crippen LogP contribution >= 0.6 is 0 Å². The third-order valence-electron chi connectivity index (χ3n) is 7.61. The Morgan fingerprint density at radius 2 is 1.93 bits per heavy atom. The molecule has 0 saturated carbocycles. The number of amides is 1. The molecule has 3 aliphatic rings. The number of halogens is 4. The molecule has 216 valence electrons. The summed E-state index contributed by atoms with van der Waals surface area (Å²) in [5.74, 6) is -1.43. The molecule has 2 unspecified atom stereocenters. The van der Waals surface area contributed by atoms with Crippen molar-refractivity contribution in [1.82, 2.24) is 14.8 Å². The van der Waals surface area contributed by atoms with Crippen LogP contribution in [0.4, 0.5) is 28.9 Å². The van der Waals surface area contributed by atoms with Crippen molar-refractivity contribution < 1.29 is 31.7 Å². The molecule has 3 aliphatic heterocycles. The molecule has 5 rings (SSSR count). The first-order valence-electron chi connectivity index (χ1n) is 13.0. The number of aliphatic hydroxyl groups is 1. The number of aromatic amines is 1. The molecule has 1 aromatic heterocycles. The van der Waals surface area contributed by atoms with Crippen LogP contribution in [-0.4, -0.2) is 74.7 Å². The first-order valence-corrected chi connectivity index (χ1v) is 14.6. The van der Waals surface area contributed by atoms with Crippen molar-refractivity contribution in [2.75, 3.05) is 42.5 Å². The summed E-state index contributed by atoms with van der Waals surface area (Å²) < 4.78 is 72.1. The van der Waals surface area contributed by atoms with Crippen molar-refractivity contribution in [3.05, 3.63) is 58.2 Å². The van der Waals surface area contributed by atoms with E-state index < -0.39 is 51.9 Å². The minimum atomic E-state index is -4.88. The third-order valence-corrected chi connectivity index (χ3v) is 8.12. The summed E-state index contributed by atoms with van der Waals surface area (Å²) >= 11 is 0. The summed E-state index contributed by atoms with van der Waals surface area (Å²) in [5.41, 5.74) is -1.56. The van der Waals surface area contributed by atoms with Gasteiger partial charge < -0.3 is 25.0 Å². The van der Waals surface area contributed by atoms with Crippen LogP contribution in [0.5, 0.6) is 0 Å². The SMILES string of the molecule is Cc1[nH]c(/C=C2/c3cc(F)cc(NS(C)=O)c3NC2O)c(C(F)(F)F)c1C(=O)N1CCC(N2CC=CCC2)CC1. The van der Waals surface area contributed by atoms with Crippen molar-refractivity contribution in [3.8, 4) is 0 Å². The molecule has 0 radical (unpaired) electrons. The first-order chi connectivity index (χ1) is 18.9. The molecule has 1 amide bonds. The number of aromatic nitrogens is 1. The maximum absolute atomic E-state index is 14.5. The molecule has 4 N–H and O–H groups in total. The van der Waals surface area contributed by atoms with E-state index >= 15 is 0 Å². The fourth-order valence-corrected chi connectivity index (χ4v) is 6.27. The highest BCUT2D eigenvalue weighted by Gasteiger charge is 2.42. The van der Waals surface area contributed by atoms with Crippen molar-refractivity contribution in [2.45, 2.75) is 44.6 Å². The molecule has 2 aromatic rings. The van der Waals surface area contributed by atoms with E-state index in [1.165, 1.54) is 18.1 Å². The van der Waals surface area contributed by atoms with Gasteiger partial charge in [0, 0.05) is 61.4 Å². The summed E-state index contributed by atoms with van der Waals surface area (Å²) in [6, 6.07) is 2.43. The lowest BCUT2D eigenvalue weighted by molar-refractivity contribution is -0.138. The summed E-state index contributed by atoms with van der Waals surface area (Å²) in [7, 11) is -1.57. The molecular weight excluding hydrogens is 550 g/mol. The number of hydrogen-bond donors (Lipinski definition) is 4. The highest BCUT2D eigenvalue weighted by molar-refractivity contribution is 7.85. The van der Waals surface area contributed by atoms with Crippen LogP contribution in [0.2, 0.25) is 0 Å². The van der Waals surface area contributed by atoms with Crippen molar-refractivity contribution >= 4 is 39.9 Å². The number of likely N-dealkylation sites (tertiary alicyclic amines) is 1. The quantitative estimate of drug-likeness (QED) is 0.311. The Bertz CT molecular complexity index is 1400. The van der Waals surface area contributed by atoms with Gasteiger partial charge in [-0.25, -0.2) is 8.60 Å². The Morgan fingerprint density at radius 3 is 2.55 bits per heavy atom. The number of nitrogens with one attached hydrogen (secondary N) is 3. The van der Waals surface area contributed by atoms with Crippen molar-refractivity contribution in [3.63, 3.8) is 0 Å². The van der Waals surface area contributed by atoms with E-state index in [9.17, 15) is 31.7 Å². The fourth-order valence-electron chi connectivity index (χ4n) is 5.80. The zero-order valence-corrected chi connectivity index (χ0v) is 22.9. The Kier molecular flexibility index (Phi) is 7.81. The van der Waals surface area contributed by atoms with E-state index in [0.29, 0.717) is 25.9 Å². The van der Waals surface area contributed by atoms with Crippen LogP contribution in [0.15, 0.2) is 24.3 Å². The van der Waals surface area contributed by atoms with Gasteiger partial charge in [0.05, 0.1) is 28.2 Å². The van der Waals surface area contributed by atoms with Crippen LogP contribution in [0.3, 0.4) is 0 Å². The normalized spacial score (nSPS) is 21.9. The third kappa shape index (κ3) is 5.54. The second-order valence-corrected chi connectivity index (χ2v) is 11.4. The van der Waals surface area contributed by atoms with Gasteiger partial charge in [-0.05, 0) is 38.3 Å². The van der Waals surface area contributed by atoms with Crippen LogP contribution in [0.1, 0.15) is 52.1 Å². The number of aliphatic hydroxyl groups excluding tert-OH is 1. The standard InChI is InChI=1S/C27H31F4N5O3S/c1-15-22(26(38)36-10-6-17(7-11-36)35-8-4-3-5-9-35)23(27(29,30)31)20(32-15)14-19-18-12-16(28)13-21(34-40(2)39)24(18)33-25(19)37/h3-4,12-14,17,25,32-34,37H,5-11H2,1-2H3/b19-14-. The Hall–Kier alpha value is -3.16. The number of carbonyl (C=O) groups excluding carboxylic acids is 1. The number of piperidine rings is 1. The summed E-state index contributed by atoms with van der Waals surface area (Å²) in [6.07, 6.45) is 2.65. The Morgan fingerprint density at radius 1 is 1.20 bits per heavy atom. The minimum absolute atomic E-state index is 0.0263. The first kappa shape index (κ1) is 28.4. The predicted octanol–water partition coefficient (Wildman–Crippen LogP) is 4.34. The number of hydrogen-bond acceptors (Lipinski definition) is 5. The summed E-state index contributed by atoms with van der Waals surface area (Å²) in [4.78, 5) is 20.0. The molecule has 8 nitrogen and oxygen atoms in total. The molecule has 0 spiro atoms. The average Bonchev–Trinajstić information content (AvgIpc) is 3.40. The number of H-pyrrole nitrogens is 1. The number of benzene rings is 1. The summed E-state index contributed by atoms with van der Waals surface area (Å²) in [6.45, 7) is 3.89. The molecule has 1 fully saturated rings. The van der Waals surface area contributed by atoms with Crippen LogP contribution in [-0.2, 0) is 17.2 Å². The van der Waals surface area contributed by atoms with Gasteiger partial charge in [0.25, 0.3) is 5.91 Å². The van der Waals surface area contributed by atoms with Crippen LogP contribution in [0, 0.1) is 12.7 Å². The predicted molar refractivity (Wildman–Crippen MR) is 146 cm³/mol. The van der Waals surface area contributed by atoms with Gasteiger partial charge in [0.1, 0.15) is 16.8 Å². The number of carbonyl (C=O) groups is 1. The number of nitrogens with zero attached hydrogens (tertiary/aromatic N) is 2. The van der Waals surface area contributed by atoms with Crippen LogP contribution < -0.4 is 10.0 Å². The largest absolute Gasteiger partial charge is 0.419 e. The highest BCUT2D eigenvalue weighted by atomic mass is 32.2. The molecular formula is C27H31F4N5O3S. The Balaban J connectivity index is 1.47. The smallest absolute Gasteiger partial charge is 0.369 e. The molecule has 0 aliphatic carbocycles. The van der Waals surface area contributed by atoms with Gasteiger partial charge in [-0.3, -0.25) is 9.69 Å². The number of alkyl halides is 3.